The van der Waals surface area contributed by atoms with Crippen molar-refractivity contribution in [1.29, 1.82) is 0 Å². The first kappa shape index (κ1) is 12.8. The number of aliphatic hydroxyl groups is 3. The van der Waals surface area contributed by atoms with E-state index in [0.717, 1.165) is 0 Å². The minimum atomic E-state index is -1.44. The van der Waals surface area contributed by atoms with Crippen molar-refractivity contribution >= 4 is 5.97 Å². The number of hydrogen-bond acceptors (Lipinski definition) is 5. The number of cyclic esters (lactones) is 1. The van der Waals surface area contributed by atoms with Crippen molar-refractivity contribution in [2.75, 3.05) is 0 Å². The lowest BCUT2D eigenvalue weighted by molar-refractivity contribution is -0.150. The van der Waals surface area contributed by atoms with Crippen LogP contribution in [-0.2, 0) is 9.53 Å². The highest BCUT2D eigenvalue weighted by Crippen LogP contribution is 2.22. The standard InChI is InChI=1S/C13H14O5/c14-10-7-6-9(18-10)12(16)13(17)11(15)8-4-2-1-3-5-8/h1-7,9,11-13,15-17H/t9-,11+,12-,13+/m0/s1. The van der Waals surface area contributed by atoms with E-state index in [-0.39, 0.29) is 0 Å². The Morgan fingerprint density at radius 2 is 1.78 bits per heavy atom. The molecule has 0 amide bonds. The van der Waals surface area contributed by atoms with Crippen LogP contribution < -0.4 is 0 Å². The lowest BCUT2D eigenvalue weighted by Crippen LogP contribution is -2.40. The van der Waals surface area contributed by atoms with Gasteiger partial charge in [0.2, 0.25) is 0 Å². The van der Waals surface area contributed by atoms with Crippen LogP contribution in [0.1, 0.15) is 11.7 Å². The fourth-order valence-electron chi connectivity index (χ4n) is 1.80. The lowest BCUT2D eigenvalue weighted by Gasteiger charge is -2.25. The van der Waals surface area contributed by atoms with Crippen molar-refractivity contribution in [2.24, 2.45) is 0 Å². The molecule has 1 aliphatic rings. The predicted molar refractivity (Wildman–Crippen MR) is 62.4 cm³/mol. The molecule has 4 atom stereocenters. The summed E-state index contributed by atoms with van der Waals surface area (Å²) in [6, 6.07) is 8.48. The van der Waals surface area contributed by atoms with Gasteiger partial charge in [-0.25, -0.2) is 4.79 Å². The third kappa shape index (κ3) is 2.59. The molecule has 0 fully saturated rings. The SMILES string of the molecule is O=C1C=C[C@@H]([C@H](O)[C@H](O)[C@H](O)c2ccccc2)O1. The van der Waals surface area contributed by atoms with Crippen LogP contribution in [0.2, 0.25) is 0 Å². The Balaban J connectivity index is 2.05. The van der Waals surface area contributed by atoms with Crippen LogP contribution in [-0.4, -0.2) is 39.6 Å². The molecule has 1 aromatic carbocycles. The highest BCUT2D eigenvalue weighted by Gasteiger charge is 2.34. The Bertz CT molecular complexity index is 442. The van der Waals surface area contributed by atoms with Crippen molar-refractivity contribution in [2.45, 2.75) is 24.4 Å². The van der Waals surface area contributed by atoms with Gasteiger partial charge in [-0.1, -0.05) is 30.3 Å². The molecule has 2 rings (SSSR count). The van der Waals surface area contributed by atoms with Gasteiger partial charge in [-0.05, 0) is 11.6 Å². The summed E-state index contributed by atoms with van der Waals surface area (Å²) in [5.41, 5.74) is 0.484. The molecule has 5 heteroatoms. The zero-order valence-electron chi connectivity index (χ0n) is 9.51. The van der Waals surface area contributed by atoms with Gasteiger partial charge in [0.05, 0.1) is 0 Å². The summed E-state index contributed by atoms with van der Waals surface area (Å²) < 4.78 is 4.76. The van der Waals surface area contributed by atoms with Gasteiger partial charge in [-0.2, -0.15) is 0 Å². The molecule has 0 bridgehead atoms. The number of benzene rings is 1. The van der Waals surface area contributed by atoms with Crippen molar-refractivity contribution in [3.63, 3.8) is 0 Å². The number of carbonyl (C=O) groups excluding carboxylic acids is 1. The van der Waals surface area contributed by atoms with Gasteiger partial charge in [-0.3, -0.25) is 0 Å². The average molecular weight is 250 g/mol. The summed E-state index contributed by atoms with van der Waals surface area (Å²) in [6.45, 7) is 0. The van der Waals surface area contributed by atoms with Crippen LogP contribution in [0.3, 0.4) is 0 Å². The average Bonchev–Trinajstić information content (AvgIpc) is 2.84. The van der Waals surface area contributed by atoms with E-state index in [1.807, 2.05) is 0 Å². The second kappa shape index (κ2) is 5.30. The van der Waals surface area contributed by atoms with Crippen molar-refractivity contribution in [3.05, 3.63) is 48.0 Å². The van der Waals surface area contributed by atoms with Gasteiger partial charge in [0, 0.05) is 6.08 Å². The van der Waals surface area contributed by atoms with E-state index < -0.39 is 30.4 Å². The zero-order chi connectivity index (χ0) is 13.1. The topological polar surface area (TPSA) is 87.0 Å². The van der Waals surface area contributed by atoms with Gasteiger partial charge >= 0.3 is 5.97 Å². The van der Waals surface area contributed by atoms with Crippen LogP contribution >= 0.6 is 0 Å². The summed E-state index contributed by atoms with van der Waals surface area (Å²) in [5.74, 6) is -0.569. The van der Waals surface area contributed by atoms with Crippen LogP contribution in [0, 0.1) is 0 Å². The number of rotatable bonds is 4. The molecular formula is C13H14O5. The first-order valence-corrected chi connectivity index (χ1v) is 5.57. The van der Waals surface area contributed by atoms with E-state index >= 15 is 0 Å². The lowest BCUT2D eigenvalue weighted by atomic mass is 9.97. The maximum Gasteiger partial charge on any atom is 0.331 e. The highest BCUT2D eigenvalue weighted by atomic mass is 16.6. The Morgan fingerprint density at radius 1 is 1.11 bits per heavy atom. The third-order valence-electron chi connectivity index (χ3n) is 2.83. The maximum absolute atomic E-state index is 10.9. The highest BCUT2D eigenvalue weighted by molar-refractivity contribution is 5.84. The Morgan fingerprint density at radius 3 is 2.33 bits per heavy atom. The summed E-state index contributed by atoms with van der Waals surface area (Å²) >= 11 is 0. The van der Waals surface area contributed by atoms with Gasteiger partial charge in [0.1, 0.15) is 24.4 Å². The number of hydrogen-bond donors (Lipinski definition) is 3. The fraction of sp³-hybridized carbons (Fsp3) is 0.308. The van der Waals surface area contributed by atoms with Crippen LogP contribution in [0.25, 0.3) is 0 Å². The molecular weight excluding hydrogens is 236 g/mol. The van der Waals surface area contributed by atoms with Crippen molar-refractivity contribution in [3.8, 4) is 0 Å². The molecule has 1 aromatic rings. The summed E-state index contributed by atoms with van der Waals surface area (Å²) in [6.07, 6.45) is -2.45. The maximum atomic E-state index is 10.9. The first-order chi connectivity index (χ1) is 8.59. The molecule has 3 N–H and O–H groups in total. The van der Waals surface area contributed by atoms with E-state index in [4.69, 9.17) is 4.74 Å². The minimum absolute atomic E-state index is 0.484. The molecule has 18 heavy (non-hydrogen) atoms. The molecule has 0 saturated heterocycles. The molecule has 0 spiro atoms. The Labute approximate surface area is 104 Å². The van der Waals surface area contributed by atoms with E-state index in [9.17, 15) is 20.1 Å². The fourth-order valence-corrected chi connectivity index (χ4v) is 1.80. The largest absolute Gasteiger partial charge is 0.452 e. The van der Waals surface area contributed by atoms with Crippen molar-refractivity contribution in [1.82, 2.24) is 0 Å². The summed E-state index contributed by atoms with van der Waals surface area (Å²) in [4.78, 5) is 10.9. The van der Waals surface area contributed by atoms with Gasteiger partial charge in [-0.15, -0.1) is 0 Å². The molecule has 0 saturated carbocycles. The summed E-state index contributed by atoms with van der Waals surface area (Å²) in [7, 11) is 0. The van der Waals surface area contributed by atoms with Crippen LogP contribution in [0.4, 0.5) is 0 Å². The van der Waals surface area contributed by atoms with Crippen LogP contribution in [0.15, 0.2) is 42.5 Å². The molecule has 5 nitrogen and oxygen atoms in total. The first-order valence-electron chi connectivity index (χ1n) is 5.57. The molecule has 1 heterocycles. The smallest absolute Gasteiger partial charge is 0.331 e. The van der Waals surface area contributed by atoms with Gasteiger partial charge in [0.15, 0.2) is 0 Å². The van der Waals surface area contributed by atoms with E-state index in [1.165, 1.54) is 12.2 Å². The van der Waals surface area contributed by atoms with E-state index in [2.05, 4.69) is 0 Å². The molecule has 0 aliphatic carbocycles. The zero-order valence-corrected chi connectivity index (χ0v) is 9.51. The summed E-state index contributed by atoms with van der Waals surface area (Å²) in [5, 5.41) is 29.6. The predicted octanol–water partition coefficient (Wildman–Crippen LogP) is -0.0766. The normalized spacial score (nSPS) is 23.5. The molecule has 96 valence electrons. The Hall–Kier alpha value is -1.69. The van der Waals surface area contributed by atoms with Gasteiger partial charge < -0.3 is 20.1 Å². The number of aliphatic hydroxyl groups excluding tert-OH is 3. The molecule has 0 unspecified atom stereocenters. The number of ether oxygens (including phenoxy) is 1. The molecule has 0 radical (unpaired) electrons. The Kier molecular flexibility index (Phi) is 3.76. The van der Waals surface area contributed by atoms with E-state index in [1.54, 1.807) is 30.3 Å². The third-order valence-corrected chi connectivity index (χ3v) is 2.83. The molecule has 1 aliphatic heterocycles. The monoisotopic (exact) mass is 250 g/mol. The second-order valence-corrected chi connectivity index (χ2v) is 4.10. The molecule has 0 aromatic heterocycles. The van der Waals surface area contributed by atoms with Crippen molar-refractivity contribution < 1.29 is 24.9 Å². The quantitative estimate of drug-likeness (QED) is 0.651. The number of esters is 1. The van der Waals surface area contributed by atoms with Crippen LogP contribution in [0.5, 0.6) is 0 Å². The number of carbonyl (C=O) groups is 1. The van der Waals surface area contributed by atoms with E-state index in [0.29, 0.717) is 5.56 Å². The van der Waals surface area contributed by atoms with Gasteiger partial charge in [0.25, 0.3) is 0 Å². The second-order valence-electron chi connectivity index (χ2n) is 4.10. The minimum Gasteiger partial charge on any atom is -0.452 e.